The first-order chi connectivity index (χ1) is 8.13. The Morgan fingerprint density at radius 1 is 1.47 bits per heavy atom. The highest BCUT2D eigenvalue weighted by Crippen LogP contribution is 2.09. The molecule has 0 saturated heterocycles. The van der Waals surface area contributed by atoms with Crippen LogP contribution >= 0.6 is 23.8 Å². The van der Waals surface area contributed by atoms with Gasteiger partial charge in [0.25, 0.3) is 5.91 Å². The van der Waals surface area contributed by atoms with Crippen molar-refractivity contribution in [3.05, 3.63) is 47.5 Å². The molecular formula is C11H12ClN3OS. The van der Waals surface area contributed by atoms with Crippen LogP contribution in [-0.4, -0.2) is 17.6 Å². The van der Waals surface area contributed by atoms with E-state index in [1.807, 2.05) is 0 Å². The van der Waals surface area contributed by atoms with E-state index in [-0.39, 0.29) is 5.91 Å². The Labute approximate surface area is 110 Å². The molecule has 0 aliphatic carbocycles. The van der Waals surface area contributed by atoms with E-state index in [1.54, 1.807) is 30.3 Å². The molecule has 4 nitrogen and oxygen atoms in total. The Morgan fingerprint density at radius 3 is 2.88 bits per heavy atom. The Balaban J connectivity index is 2.45. The van der Waals surface area contributed by atoms with Gasteiger partial charge in [-0.2, -0.15) is 0 Å². The lowest BCUT2D eigenvalue weighted by Gasteiger charge is -2.10. The highest BCUT2D eigenvalue weighted by molar-refractivity contribution is 7.80. The number of hydrazine groups is 1. The molecule has 1 rings (SSSR count). The smallest absolute Gasteiger partial charge is 0.269 e. The van der Waals surface area contributed by atoms with Gasteiger partial charge in [0.1, 0.15) is 0 Å². The molecule has 0 aliphatic rings. The molecule has 0 aliphatic heterocycles. The number of hydrogen-bond donors (Lipinski definition) is 3. The van der Waals surface area contributed by atoms with Crippen molar-refractivity contribution < 1.29 is 4.79 Å². The van der Waals surface area contributed by atoms with Gasteiger partial charge in [-0.1, -0.05) is 23.7 Å². The summed E-state index contributed by atoms with van der Waals surface area (Å²) in [7, 11) is 0. The lowest BCUT2D eigenvalue weighted by atomic mass is 10.2. The molecule has 0 atom stereocenters. The molecule has 0 radical (unpaired) electrons. The maximum absolute atomic E-state index is 11.6. The molecule has 0 spiro atoms. The molecule has 1 aromatic carbocycles. The van der Waals surface area contributed by atoms with Crippen LogP contribution in [0.1, 0.15) is 10.4 Å². The molecule has 0 fully saturated rings. The van der Waals surface area contributed by atoms with Crippen LogP contribution in [0.25, 0.3) is 0 Å². The largest absolute Gasteiger partial charge is 0.358 e. The molecule has 1 amide bonds. The van der Waals surface area contributed by atoms with Crippen LogP contribution in [0, 0.1) is 0 Å². The third kappa shape index (κ3) is 4.84. The Morgan fingerprint density at radius 2 is 2.24 bits per heavy atom. The number of amides is 1. The van der Waals surface area contributed by atoms with Gasteiger partial charge in [0.2, 0.25) is 0 Å². The molecule has 0 aromatic heterocycles. The number of thiocarbonyl (C=S) groups is 1. The van der Waals surface area contributed by atoms with Gasteiger partial charge in [-0.05, 0) is 30.4 Å². The second-order valence-corrected chi connectivity index (χ2v) is 3.93. The highest BCUT2D eigenvalue weighted by atomic mass is 35.5. The normalized spacial score (nSPS) is 9.24. The average molecular weight is 270 g/mol. The van der Waals surface area contributed by atoms with Gasteiger partial charge in [0.05, 0.1) is 0 Å². The molecule has 90 valence electrons. The molecule has 0 unspecified atom stereocenters. The van der Waals surface area contributed by atoms with E-state index in [0.29, 0.717) is 22.2 Å². The average Bonchev–Trinajstić information content (AvgIpc) is 2.33. The lowest BCUT2D eigenvalue weighted by molar-refractivity contribution is 0.0943. The molecule has 0 heterocycles. The van der Waals surface area contributed by atoms with Crippen molar-refractivity contribution in [1.82, 2.24) is 16.2 Å². The van der Waals surface area contributed by atoms with Crippen molar-refractivity contribution in [3.63, 3.8) is 0 Å². The topological polar surface area (TPSA) is 53.2 Å². The summed E-state index contributed by atoms with van der Waals surface area (Å²) < 4.78 is 0. The van der Waals surface area contributed by atoms with Crippen LogP contribution in [0.2, 0.25) is 5.02 Å². The summed E-state index contributed by atoms with van der Waals surface area (Å²) in [4.78, 5) is 11.6. The minimum absolute atomic E-state index is 0.310. The maximum atomic E-state index is 11.6. The number of carbonyl (C=O) groups excluding carboxylic acids is 1. The fourth-order valence-electron chi connectivity index (χ4n) is 1.02. The summed E-state index contributed by atoms with van der Waals surface area (Å²) in [5.41, 5.74) is 5.47. The van der Waals surface area contributed by atoms with E-state index in [1.165, 1.54) is 0 Å². The number of hydrogen-bond acceptors (Lipinski definition) is 2. The Hall–Kier alpha value is -1.59. The highest BCUT2D eigenvalue weighted by Gasteiger charge is 2.05. The van der Waals surface area contributed by atoms with Crippen LogP contribution in [0.4, 0.5) is 0 Å². The predicted octanol–water partition coefficient (Wildman–Crippen LogP) is 1.63. The van der Waals surface area contributed by atoms with Gasteiger partial charge in [-0.3, -0.25) is 15.6 Å². The van der Waals surface area contributed by atoms with Gasteiger partial charge in [-0.25, -0.2) is 0 Å². The van der Waals surface area contributed by atoms with Gasteiger partial charge < -0.3 is 5.32 Å². The molecular weight excluding hydrogens is 258 g/mol. The summed E-state index contributed by atoms with van der Waals surface area (Å²) in [6.45, 7) is 4.06. The van der Waals surface area contributed by atoms with E-state index < -0.39 is 0 Å². The maximum Gasteiger partial charge on any atom is 0.269 e. The quantitative estimate of drug-likeness (QED) is 0.444. The number of rotatable bonds is 3. The monoisotopic (exact) mass is 269 g/mol. The van der Waals surface area contributed by atoms with E-state index in [9.17, 15) is 4.79 Å². The molecule has 6 heteroatoms. The zero-order valence-corrected chi connectivity index (χ0v) is 10.6. The van der Waals surface area contributed by atoms with Crippen LogP contribution in [-0.2, 0) is 0 Å². The van der Waals surface area contributed by atoms with Crippen LogP contribution in [0.3, 0.4) is 0 Å². The van der Waals surface area contributed by atoms with Gasteiger partial charge in [0, 0.05) is 17.1 Å². The molecule has 0 saturated carbocycles. The molecule has 17 heavy (non-hydrogen) atoms. The van der Waals surface area contributed by atoms with Crippen LogP contribution in [0.15, 0.2) is 36.9 Å². The van der Waals surface area contributed by atoms with Crippen molar-refractivity contribution in [2.75, 3.05) is 6.54 Å². The number of halogens is 1. The van der Waals surface area contributed by atoms with Gasteiger partial charge >= 0.3 is 0 Å². The minimum Gasteiger partial charge on any atom is -0.358 e. The number of nitrogens with one attached hydrogen (secondary N) is 3. The zero-order valence-electron chi connectivity index (χ0n) is 9.00. The summed E-state index contributed by atoms with van der Waals surface area (Å²) in [5.74, 6) is -0.310. The van der Waals surface area contributed by atoms with Gasteiger partial charge in [-0.15, -0.1) is 6.58 Å². The van der Waals surface area contributed by atoms with Crippen LogP contribution < -0.4 is 16.2 Å². The van der Waals surface area contributed by atoms with Gasteiger partial charge in [0.15, 0.2) is 5.11 Å². The van der Waals surface area contributed by atoms with Crippen molar-refractivity contribution in [1.29, 1.82) is 0 Å². The summed E-state index contributed by atoms with van der Waals surface area (Å²) >= 11 is 10.7. The minimum atomic E-state index is -0.310. The van der Waals surface area contributed by atoms with Crippen molar-refractivity contribution in [2.24, 2.45) is 0 Å². The van der Waals surface area contributed by atoms with Crippen molar-refractivity contribution >= 4 is 34.8 Å². The SMILES string of the molecule is C=CCNC(=S)NNC(=O)c1cccc(Cl)c1. The predicted molar refractivity (Wildman–Crippen MR) is 72.9 cm³/mol. The first-order valence-corrected chi connectivity index (χ1v) is 5.62. The standard InChI is InChI=1S/C11H12ClN3OS/c1-2-6-13-11(17)15-14-10(16)8-4-3-5-9(12)7-8/h2-5,7H,1,6H2,(H,14,16)(H2,13,15,17). The van der Waals surface area contributed by atoms with E-state index in [2.05, 4.69) is 22.7 Å². The Bertz CT molecular complexity index is 436. The molecule has 1 aromatic rings. The van der Waals surface area contributed by atoms with Crippen LogP contribution in [0.5, 0.6) is 0 Å². The summed E-state index contributed by atoms with van der Waals surface area (Å²) in [6, 6.07) is 6.62. The lowest BCUT2D eigenvalue weighted by Crippen LogP contribution is -2.46. The number of benzene rings is 1. The first-order valence-electron chi connectivity index (χ1n) is 4.84. The zero-order chi connectivity index (χ0) is 12.7. The van der Waals surface area contributed by atoms with E-state index in [4.69, 9.17) is 23.8 Å². The fraction of sp³-hybridized carbons (Fsp3) is 0.0909. The summed E-state index contributed by atoms with van der Waals surface area (Å²) in [5, 5.41) is 3.64. The summed E-state index contributed by atoms with van der Waals surface area (Å²) in [6.07, 6.45) is 1.66. The van der Waals surface area contributed by atoms with Crippen molar-refractivity contribution in [2.45, 2.75) is 0 Å². The third-order valence-electron chi connectivity index (χ3n) is 1.78. The second-order valence-electron chi connectivity index (χ2n) is 3.09. The van der Waals surface area contributed by atoms with E-state index in [0.717, 1.165) is 0 Å². The van der Waals surface area contributed by atoms with E-state index >= 15 is 0 Å². The number of carbonyl (C=O) groups is 1. The first kappa shape index (κ1) is 13.5. The third-order valence-corrected chi connectivity index (χ3v) is 2.26. The fourth-order valence-corrected chi connectivity index (χ4v) is 1.35. The van der Waals surface area contributed by atoms with Crippen molar-refractivity contribution in [3.8, 4) is 0 Å². The molecule has 0 bridgehead atoms. The Kier molecular flexibility index (Phi) is 5.45. The second kappa shape index (κ2) is 6.88. The molecule has 3 N–H and O–H groups in total.